The fourth-order valence-electron chi connectivity index (χ4n) is 2.94. The first-order chi connectivity index (χ1) is 19.8. The molecule has 0 aliphatic rings. The van der Waals surface area contributed by atoms with Gasteiger partial charge in [-0.05, 0) is 160 Å². The Morgan fingerprint density at radius 1 is 0.643 bits per heavy atom. The van der Waals surface area contributed by atoms with Gasteiger partial charge in [-0.25, -0.2) is 0 Å². The summed E-state index contributed by atoms with van der Waals surface area (Å²) < 4.78 is 27.2. The maximum atomic E-state index is 12.0. The van der Waals surface area contributed by atoms with Gasteiger partial charge in [-0.1, -0.05) is 0 Å². The summed E-state index contributed by atoms with van der Waals surface area (Å²) in [4.78, 5) is 47.7. The highest BCUT2D eigenvalue weighted by Crippen LogP contribution is 2.30. The van der Waals surface area contributed by atoms with Crippen molar-refractivity contribution in [3.05, 3.63) is 45.7 Å². The van der Waals surface area contributed by atoms with Crippen molar-refractivity contribution < 1.29 is 43.2 Å². The zero-order chi connectivity index (χ0) is 31.2. The van der Waals surface area contributed by atoms with E-state index in [0.29, 0.717) is 0 Å². The van der Waals surface area contributed by atoms with Gasteiger partial charge in [0, 0.05) is 7.14 Å². The summed E-state index contributed by atoms with van der Waals surface area (Å²) in [6.07, 6.45) is -2.41. The number of aliphatic hydroxyl groups is 1. The normalized spacial score (nSPS) is 10.7. The van der Waals surface area contributed by atoms with Gasteiger partial charge in [-0.15, -0.1) is 0 Å². The molecular weight excluding hydrogens is 1230 g/mol. The molecule has 3 N–H and O–H groups in total. The van der Waals surface area contributed by atoms with Gasteiger partial charge in [0.2, 0.25) is 11.8 Å². The van der Waals surface area contributed by atoms with E-state index in [2.05, 4.69) is 146 Å². The van der Waals surface area contributed by atoms with E-state index in [1.807, 2.05) is 24.3 Å². The minimum absolute atomic E-state index is 0.189. The van der Waals surface area contributed by atoms with Crippen LogP contribution in [0.2, 0.25) is 0 Å². The highest BCUT2D eigenvalue weighted by molar-refractivity contribution is 14.1. The van der Waals surface area contributed by atoms with Crippen LogP contribution in [-0.2, 0) is 28.7 Å². The summed E-state index contributed by atoms with van der Waals surface area (Å²) in [7, 11) is 0. The van der Waals surface area contributed by atoms with E-state index in [-0.39, 0.29) is 26.3 Å². The van der Waals surface area contributed by atoms with E-state index in [1.54, 1.807) is 0 Å². The highest BCUT2D eigenvalue weighted by Gasteiger charge is 2.17. The number of benzene rings is 2. The van der Waals surface area contributed by atoms with Crippen LogP contribution < -0.4 is 20.1 Å². The van der Waals surface area contributed by atoms with Crippen LogP contribution in [0.4, 0.5) is 0 Å². The monoisotopic (exact) mass is 1260 g/mol. The van der Waals surface area contributed by atoms with E-state index in [4.69, 9.17) is 18.9 Å². The quantitative estimate of drug-likeness (QED) is 0.0973. The van der Waals surface area contributed by atoms with Crippen LogP contribution >= 0.6 is 136 Å². The second kappa shape index (κ2) is 20.4. The first-order valence-electron chi connectivity index (χ1n) is 11.9. The Balaban J connectivity index is 1.55. The van der Waals surface area contributed by atoms with Crippen molar-refractivity contribution in [1.29, 1.82) is 0 Å². The Bertz CT molecular complexity index is 1140. The molecule has 0 atom stereocenters. The molecule has 2 amide bonds. The number of hydrogen-bond donors (Lipinski definition) is 3. The molecule has 2 rings (SSSR count). The molecule has 0 saturated heterocycles. The highest BCUT2D eigenvalue weighted by atomic mass is 127. The number of ether oxygens (including phenoxy) is 4. The molecule has 11 nitrogen and oxygen atoms in total. The molecule has 0 radical (unpaired) electrons. The van der Waals surface area contributed by atoms with Gasteiger partial charge in [-0.3, -0.25) is 19.2 Å². The molecule has 2 aromatic carbocycles. The maximum absolute atomic E-state index is 12.0. The van der Waals surface area contributed by atoms with Gasteiger partial charge in [0.1, 0.15) is 56.9 Å². The summed E-state index contributed by atoms with van der Waals surface area (Å²) in [6.45, 7) is -0.147. The fourth-order valence-corrected chi connectivity index (χ4v) is 10.7. The van der Waals surface area contributed by atoms with Gasteiger partial charge >= 0.3 is 11.9 Å². The second-order valence-electron chi connectivity index (χ2n) is 8.17. The maximum Gasteiger partial charge on any atom is 0.315 e. The Hall–Kier alpha value is 0.260. The van der Waals surface area contributed by atoms with Crippen LogP contribution in [-0.4, -0.2) is 74.5 Å². The van der Waals surface area contributed by atoms with Crippen molar-refractivity contribution in [1.82, 2.24) is 10.6 Å². The Morgan fingerprint density at radius 2 is 0.976 bits per heavy atom. The molecule has 0 spiro atoms. The summed E-state index contributed by atoms with van der Waals surface area (Å²) in [5, 5.41) is 15.0. The van der Waals surface area contributed by atoms with Gasteiger partial charge < -0.3 is 34.7 Å². The van der Waals surface area contributed by atoms with Crippen molar-refractivity contribution in [2.75, 3.05) is 39.5 Å². The molecule has 42 heavy (non-hydrogen) atoms. The van der Waals surface area contributed by atoms with E-state index < -0.39 is 55.9 Å². The molecule has 0 aliphatic carbocycles. The lowest BCUT2D eigenvalue weighted by atomic mass is 10.3. The number of hydrogen-bond acceptors (Lipinski definition) is 9. The van der Waals surface area contributed by atoms with Gasteiger partial charge in [0.05, 0.1) is 27.4 Å². The van der Waals surface area contributed by atoms with Crippen molar-refractivity contribution in [2.24, 2.45) is 0 Å². The van der Waals surface area contributed by atoms with Crippen LogP contribution in [0.3, 0.4) is 0 Å². The van der Waals surface area contributed by atoms with Crippen LogP contribution in [0.25, 0.3) is 0 Å². The zero-order valence-electron chi connectivity index (χ0n) is 21.5. The predicted octanol–water partition coefficient (Wildman–Crippen LogP) is 4.23. The average Bonchev–Trinajstić information content (AvgIpc) is 2.88. The van der Waals surface area contributed by atoms with Crippen molar-refractivity contribution in [2.45, 2.75) is 18.9 Å². The number of carbonyl (C=O) groups excluding carboxylic acids is 4. The van der Waals surface area contributed by atoms with E-state index in [1.165, 1.54) is 0 Å². The SMILES string of the molecule is O=C(CC(=O)OCC(O)COC(=O)CC(=O)NCCOc1c(I)cc(I)cc1I)NCCOc1c(I)cc(I)cc1I. The third-order valence-electron chi connectivity index (χ3n) is 4.75. The number of nitrogens with one attached hydrogen (secondary N) is 2. The molecule has 0 fully saturated rings. The Kier molecular flexibility index (Phi) is 18.7. The molecule has 0 aromatic heterocycles. The number of esters is 2. The molecular formula is C25H24I6N2O9. The molecule has 2 aromatic rings. The van der Waals surface area contributed by atoms with Gasteiger partial charge in [0.15, 0.2) is 0 Å². The van der Waals surface area contributed by atoms with Crippen LogP contribution in [0.1, 0.15) is 12.8 Å². The lowest BCUT2D eigenvalue weighted by Gasteiger charge is -2.13. The largest absolute Gasteiger partial charge is 0.490 e. The number of amides is 2. The zero-order valence-corrected chi connectivity index (χ0v) is 34.5. The van der Waals surface area contributed by atoms with E-state index >= 15 is 0 Å². The number of aliphatic hydroxyl groups excluding tert-OH is 1. The van der Waals surface area contributed by atoms with Gasteiger partial charge in [-0.2, -0.15) is 0 Å². The molecule has 0 bridgehead atoms. The second-order valence-corrected chi connectivity index (χ2v) is 15.3. The number of rotatable bonds is 16. The minimum atomic E-state index is -1.32. The predicted molar refractivity (Wildman–Crippen MR) is 203 cm³/mol. The van der Waals surface area contributed by atoms with Crippen molar-refractivity contribution in [3.63, 3.8) is 0 Å². The third-order valence-corrected chi connectivity index (χ3v) is 9.20. The van der Waals surface area contributed by atoms with E-state index in [9.17, 15) is 24.3 Å². The lowest BCUT2D eigenvalue weighted by molar-refractivity contribution is -0.153. The fraction of sp³-hybridized carbons (Fsp3) is 0.360. The molecule has 17 heteroatoms. The molecule has 230 valence electrons. The summed E-state index contributed by atoms with van der Waals surface area (Å²) in [6, 6.07) is 7.91. The summed E-state index contributed by atoms with van der Waals surface area (Å²) in [5.74, 6) is -1.36. The summed E-state index contributed by atoms with van der Waals surface area (Å²) in [5.41, 5.74) is 0. The molecule has 0 saturated carbocycles. The molecule has 0 aliphatic heterocycles. The number of halogens is 6. The Morgan fingerprint density at radius 3 is 1.31 bits per heavy atom. The lowest BCUT2D eigenvalue weighted by Crippen LogP contribution is -2.32. The van der Waals surface area contributed by atoms with Crippen LogP contribution in [0, 0.1) is 21.4 Å². The first kappa shape index (κ1) is 38.4. The topological polar surface area (TPSA) is 149 Å². The first-order valence-corrected chi connectivity index (χ1v) is 18.4. The standard InChI is InChI=1S/C25H24I6N2O9/c26-13-5-16(28)24(17(29)6-13)39-3-1-32-20(35)9-22(37)41-11-15(34)12-42-23(38)10-21(36)33-2-4-40-25-18(30)7-14(27)8-19(25)31/h5-8,15,34H,1-4,9-12H2,(H,32,35)(H,33,36). The Labute approximate surface area is 324 Å². The van der Waals surface area contributed by atoms with Crippen LogP contribution in [0.15, 0.2) is 24.3 Å². The van der Waals surface area contributed by atoms with Crippen molar-refractivity contribution in [3.8, 4) is 11.5 Å². The average molecular weight is 1260 g/mol. The smallest absolute Gasteiger partial charge is 0.315 e. The minimum Gasteiger partial charge on any atom is -0.490 e. The van der Waals surface area contributed by atoms with Crippen LogP contribution in [0.5, 0.6) is 11.5 Å². The van der Waals surface area contributed by atoms with E-state index in [0.717, 1.165) is 32.9 Å². The van der Waals surface area contributed by atoms with Crippen molar-refractivity contribution >= 4 is 159 Å². The number of carbonyl (C=O) groups is 4. The molecule has 0 heterocycles. The third kappa shape index (κ3) is 15.0. The summed E-state index contributed by atoms with van der Waals surface area (Å²) >= 11 is 13.2. The molecule has 0 unspecified atom stereocenters. The van der Waals surface area contributed by atoms with Gasteiger partial charge in [0.25, 0.3) is 0 Å².